The summed E-state index contributed by atoms with van der Waals surface area (Å²) in [6.07, 6.45) is 0. The molecule has 2 heterocycles. The predicted octanol–water partition coefficient (Wildman–Crippen LogP) is 4.65. The summed E-state index contributed by atoms with van der Waals surface area (Å²) < 4.78 is 19.5. The van der Waals surface area contributed by atoms with Crippen molar-refractivity contribution in [2.75, 3.05) is 0 Å². The normalized spacial score (nSPS) is 19.8. The minimum absolute atomic E-state index is 0.376. The maximum atomic E-state index is 6.26. The van der Waals surface area contributed by atoms with Crippen LogP contribution in [0.15, 0.2) is 45.3 Å². The molecule has 0 radical (unpaired) electrons. The molecule has 1 fully saturated rings. The van der Waals surface area contributed by atoms with Crippen LogP contribution in [0.4, 0.5) is 0 Å². The monoisotopic (exact) mass is 372 g/mol. The Balaban J connectivity index is 1.99. The van der Waals surface area contributed by atoms with Crippen molar-refractivity contribution < 1.29 is 13.7 Å². The van der Waals surface area contributed by atoms with Crippen molar-refractivity contribution in [2.24, 2.45) is 0 Å². The third-order valence-electron chi connectivity index (χ3n) is 5.02. The maximum Gasteiger partial charge on any atom is 0.496 e. The van der Waals surface area contributed by atoms with Gasteiger partial charge in [0.2, 0.25) is 0 Å². The molecular weight excluding hydrogens is 355 g/mol. The molecule has 118 valence electrons. The Kier molecular flexibility index (Phi) is 3.22. The van der Waals surface area contributed by atoms with Gasteiger partial charge in [-0.05, 0) is 45.9 Å². The van der Waals surface area contributed by atoms with E-state index >= 15 is 0 Å². The molecule has 0 N–H and O–H groups in total. The van der Waals surface area contributed by atoms with Crippen molar-refractivity contribution >= 4 is 50.4 Å². The second-order valence-corrected chi connectivity index (χ2v) is 7.88. The van der Waals surface area contributed by atoms with E-state index in [-0.39, 0.29) is 11.2 Å². The number of rotatable bonds is 1. The summed E-state index contributed by atoms with van der Waals surface area (Å²) >= 11 is 3.67. The average Bonchev–Trinajstić information content (AvgIpc) is 2.94. The largest absolute Gasteiger partial charge is 0.496 e. The van der Waals surface area contributed by atoms with Gasteiger partial charge in [0.1, 0.15) is 11.2 Å². The quantitative estimate of drug-likeness (QED) is 0.583. The SMILES string of the molecule is CC1(C)OB(c2c(Br)ccc3oc4ccccc4c23)OC1(C)C. The van der Waals surface area contributed by atoms with E-state index in [1.807, 2.05) is 30.3 Å². The second kappa shape index (κ2) is 4.85. The van der Waals surface area contributed by atoms with Gasteiger partial charge in [0.15, 0.2) is 0 Å². The van der Waals surface area contributed by atoms with E-state index in [0.717, 1.165) is 31.9 Å². The molecule has 2 aromatic carbocycles. The van der Waals surface area contributed by atoms with Gasteiger partial charge in [0.05, 0.1) is 11.2 Å². The molecule has 1 aromatic heterocycles. The summed E-state index contributed by atoms with van der Waals surface area (Å²) in [6, 6.07) is 12.0. The van der Waals surface area contributed by atoms with Crippen LogP contribution in [0.25, 0.3) is 21.9 Å². The van der Waals surface area contributed by atoms with E-state index in [0.29, 0.717) is 0 Å². The van der Waals surface area contributed by atoms with Gasteiger partial charge in [0.25, 0.3) is 0 Å². The van der Waals surface area contributed by atoms with Crippen LogP contribution in [0, 0.1) is 0 Å². The highest BCUT2D eigenvalue weighted by Crippen LogP contribution is 2.39. The fourth-order valence-corrected chi connectivity index (χ4v) is 3.53. The van der Waals surface area contributed by atoms with Gasteiger partial charge in [-0.1, -0.05) is 34.1 Å². The van der Waals surface area contributed by atoms with Crippen LogP contribution in [-0.4, -0.2) is 18.3 Å². The fourth-order valence-electron chi connectivity index (χ4n) is 3.01. The number of halogens is 1. The molecular formula is C18H18BBrO3. The summed E-state index contributed by atoms with van der Waals surface area (Å²) in [7, 11) is -0.431. The van der Waals surface area contributed by atoms with Crippen molar-refractivity contribution in [1.82, 2.24) is 0 Å². The minimum atomic E-state index is -0.431. The summed E-state index contributed by atoms with van der Waals surface area (Å²) in [6.45, 7) is 8.26. The molecule has 0 unspecified atom stereocenters. The van der Waals surface area contributed by atoms with Gasteiger partial charge in [-0.2, -0.15) is 0 Å². The Morgan fingerprint density at radius 2 is 1.52 bits per heavy atom. The zero-order valence-corrected chi connectivity index (χ0v) is 15.2. The molecule has 0 atom stereocenters. The van der Waals surface area contributed by atoms with Crippen molar-refractivity contribution in [2.45, 2.75) is 38.9 Å². The average molecular weight is 373 g/mol. The van der Waals surface area contributed by atoms with E-state index < -0.39 is 7.12 Å². The Hall–Kier alpha value is -1.30. The second-order valence-electron chi connectivity index (χ2n) is 7.02. The Bertz CT molecular complexity index is 897. The zero-order chi connectivity index (χ0) is 16.4. The zero-order valence-electron chi connectivity index (χ0n) is 13.6. The van der Waals surface area contributed by atoms with E-state index in [9.17, 15) is 0 Å². The van der Waals surface area contributed by atoms with Gasteiger partial charge in [-0.3, -0.25) is 0 Å². The van der Waals surface area contributed by atoms with E-state index in [4.69, 9.17) is 13.7 Å². The standard InChI is InChI=1S/C18H18BBrO3/c1-17(2)18(3,4)23-19(22-17)16-12(20)9-10-14-15(16)11-7-5-6-8-13(11)21-14/h5-10H,1-4H3. The molecule has 1 saturated heterocycles. The van der Waals surface area contributed by atoms with Gasteiger partial charge in [-0.15, -0.1) is 0 Å². The minimum Gasteiger partial charge on any atom is -0.456 e. The lowest BCUT2D eigenvalue weighted by molar-refractivity contribution is 0.00578. The summed E-state index contributed by atoms with van der Waals surface area (Å²) in [5.41, 5.74) is 1.96. The third kappa shape index (κ3) is 2.18. The molecule has 0 saturated carbocycles. The smallest absolute Gasteiger partial charge is 0.456 e. The van der Waals surface area contributed by atoms with Crippen molar-refractivity contribution in [3.63, 3.8) is 0 Å². The van der Waals surface area contributed by atoms with Gasteiger partial charge in [-0.25, -0.2) is 0 Å². The highest BCUT2D eigenvalue weighted by Gasteiger charge is 2.52. The number of hydrogen-bond acceptors (Lipinski definition) is 3. The molecule has 0 aliphatic carbocycles. The first kappa shape index (κ1) is 15.2. The molecule has 3 aromatic rings. The number of fused-ring (bicyclic) bond motifs is 3. The van der Waals surface area contributed by atoms with Crippen LogP contribution in [0.3, 0.4) is 0 Å². The Morgan fingerprint density at radius 1 is 0.870 bits per heavy atom. The lowest BCUT2D eigenvalue weighted by atomic mass is 9.76. The van der Waals surface area contributed by atoms with E-state index in [2.05, 4.69) is 49.7 Å². The van der Waals surface area contributed by atoms with Crippen LogP contribution in [0.5, 0.6) is 0 Å². The molecule has 0 spiro atoms. The summed E-state index contributed by atoms with van der Waals surface area (Å²) in [5, 5.41) is 2.13. The molecule has 1 aliphatic rings. The first-order valence-corrected chi connectivity index (χ1v) is 8.55. The number of para-hydroxylation sites is 1. The molecule has 1 aliphatic heterocycles. The third-order valence-corrected chi connectivity index (χ3v) is 5.71. The summed E-state index contributed by atoms with van der Waals surface area (Å²) in [5.74, 6) is 0. The highest BCUT2D eigenvalue weighted by atomic mass is 79.9. The molecule has 5 heteroatoms. The Labute approximate surface area is 144 Å². The van der Waals surface area contributed by atoms with Crippen molar-refractivity contribution in [3.8, 4) is 0 Å². The lowest BCUT2D eigenvalue weighted by Crippen LogP contribution is -2.41. The Morgan fingerprint density at radius 3 is 2.22 bits per heavy atom. The highest BCUT2D eigenvalue weighted by molar-refractivity contribution is 9.10. The predicted molar refractivity (Wildman–Crippen MR) is 97.1 cm³/mol. The molecule has 3 nitrogen and oxygen atoms in total. The van der Waals surface area contributed by atoms with Gasteiger partial charge in [0, 0.05) is 20.7 Å². The molecule has 23 heavy (non-hydrogen) atoms. The lowest BCUT2D eigenvalue weighted by Gasteiger charge is -2.32. The van der Waals surface area contributed by atoms with Crippen molar-refractivity contribution in [1.29, 1.82) is 0 Å². The fraction of sp³-hybridized carbons (Fsp3) is 0.333. The van der Waals surface area contributed by atoms with Crippen LogP contribution >= 0.6 is 15.9 Å². The topological polar surface area (TPSA) is 31.6 Å². The molecule has 0 amide bonds. The van der Waals surface area contributed by atoms with E-state index in [1.165, 1.54) is 0 Å². The van der Waals surface area contributed by atoms with Crippen LogP contribution in [0.2, 0.25) is 0 Å². The van der Waals surface area contributed by atoms with Crippen LogP contribution in [-0.2, 0) is 9.31 Å². The summed E-state index contributed by atoms with van der Waals surface area (Å²) in [4.78, 5) is 0. The molecule has 4 rings (SSSR count). The number of benzene rings is 2. The first-order chi connectivity index (χ1) is 10.8. The van der Waals surface area contributed by atoms with Crippen LogP contribution < -0.4 is 5.46 Å². The van der Waals surface area contributed by atoms with Gasteiger partial charge >= 0.3 is 7.12 Å². The first-order valence-electron chi connectivity index (χ1n) is 7.75. The van der Waals surface area contributed by atoms with Gasteiger partial charge < -0.3 is 13.7 Å². The molecule has 0 bridgehead atoms. The maximum absolute atomic E-state index is 6.26. The van der Waals surface area contributed by atoms with Crippen molar-refractivity contribution in [3.05, 3.63) is 40.9 Å². The number of furan rings is 1. The van der Waals surface area contributed by atoms with Crippen LogP contribution in [0.1, 0.15) is 27.7 Å². The van der Waals surface area contributed by atoms with E-state index in [1.54, 1.807) is 0 Å². The number of hydrogen-bond donors (Lipinski definition) is 0.